The Balaban J connectivity index is 2.73. The summed E-state index contributed by atoms with van der Waals surface area (Å²) in [6.07, 6.45) is 14.0. The predicted molar refractivity (Wildman–Crippen MR) is 124 cm³/mol. The van der Waals surface area contributed by atoms with E-state index in [2.05, 4.69) is 11.7 Å². The monoisotopic (exact) mass is 436 g/mol. The maximum atomic E-state index is 12.9. The van der Waals surface area contributed by atoms with E-state index in [4.69, 9.17) is 0 Å². The van der Waals surface area contributed by atoms with Crippen molar-refractivity contribution in [2.24, 2.45) is 23.2 Å². The van der Waals surface area contributed by atoms with Gasteiger partial charge in [0.2, 0.25) is 0 Å². The van der Waals surface area contributed by atoms with Crippen LogP contribution in [0.5, 0.6) is 0 Å². The number of allylic oxidation sites excluding steroid dienone is 2. The van der Waals surface area contributed by atoms with Gasteiger partial charge in [-0.05, 0) is 31.6 Å². The lowest BCUT2D eigenvalue weighted by Gasteiger charge is -2.24. The van der Waals surface area contributed by atoms with Crippen molar-refractivity contribution in [3.8, 4) is 0 Å². The first-order valence-corrected chi connectivity index (χ1v) is 11.9. The Kier molecular flexibility index (Phi) is 12.3. The van der Waals surface area contributed by atoms with Crippen molar-refractivity contribution in [1.82, 2.24) is 0 Å². The quantitative estimate of drug-likeness (QED) is 0.184. The number of ether oxygens (including phenoxy) is 1. The standard InChI is InChI=1S/C26H44O5/c1-6-7-10-13-19(25(30)26(2,3)4)16-17-21-20(22(27)18-23(21)28)14-11-8-9-12-15-24(29)31-5/h12,15-17,19-23,27-28H,6-11,13-14,18H2,1-5H3. The van der Waals surface area contributed by atoms with E-state index in [0.29, 0.717) is 6.42 Å². The third-order valence-corrected chi connectivity index (χ3v) is 6.29. The summed E-state index contributed by atoms with van der Waals surface area (Å²) in [5.41, 5.74) is -0.397. The zero-order valence-corrected chi connectivity index (χ0v) is 20.2. The van der Waals surface area contributed by atoms with E-state index in [1.54, 1.807) is 0 Å². The topological polar surface area (TPSA) is 83.8 Å². The summed E-state index contributed by atoms with van der Waals surface area (Å²) in [5.74, 6) is -0.376. The number of methoxy groups -OCH3 is 1. The van der Waals surface area contributed by atoms with Crippen LogP contribution in [0.15, 0.2) is 24.3 Å². The van der Waals surface area contributed by atoms with Crippen molar-refractivity contribution in [3.05, 3.63) is 24.3 Å². The van der Waals surface area contributed by atoms with E-state index in [0.717, 1.165) is 51.4 Å². The minimum absolute atomic E-state index is 0.00290. The first kappa shape index (κ1) is 27.6. The number of unbranched alkanes of at least 4 members (excludes halogenated alkanes) is 4. The van der Waals surface area contributed by atoms with Crippen molar-refractivity contribution in [3.63, 3.8) is 0 Å². The Morgan fingerprint density at radius 2 is 1.81 bits per heavy atom. The molecule has 0 bridgehead atoms. The molecule has 0 aromatic heterocycles. The Labute approximate surface area is 189 Å². The molecule has 0 radical (unpaired) electrons. The fraction of sp³-hybridized carbons (Fsp3) is 0.769. The van der Waals surface area contributed by atoms with Gasteiger partial charge in [-0.15, -0.1) is 0 Å². The maximum Gasteiger partial charge on any atom is 0.330 e. The molecule has 0 amide bonds. The van der Waals surface area contributed by atoms with Gasteiger partial charge in [0.25, 0.3) is 0 Å². The summed E-state index contributed by atoms with van der Waals surface area (Å²) in [6.45, 7) is 8.04. The summed E-state index contributed by atoms with van der Waals surface area (Å²) in [7, 11) is 1.36. The number of aliphatic hydroxyl groups excluding tert-OH is 2. The maximum absolute atomic E-state index is 12.9. The molecule has 1 rings (SSSR count). The normalized spacial score (nSPS) is 25.4. The summed E-state index contributed by atoms with van der Waals surface area (Å²) in [6, 6.07) is 0. The second-order valence-corrected chi connectivity index (χ2v) is 9.92. The van der Waals surface area contributed by atoms with Gasteiger partial charge in [-0.1, -0.05) is 71.6 Å². The highest BCUT2D eigenvalue weighted by Gasteiger charge is 2.40. The van der Waals surface area contributed by atoms with Gasteiger partial charge in [0.05, 0.1) is 19.3 Å². The van der Waals surface area contributed by atoms with Crippen LogP contribution in [-0.4, -0.2) is 41.3 Å². The molecule has 5 heteroatoms. The van der Waals surface area contributed by atoms with Gasteiger partial charge in [0.1, 0.15) is 5.78 Å². The molecule has 2 N–H and O–H groups in total. The average molecular weight is 437 g/mol. The summed E-state index contributed by atoms with van der Waals surface area (Å²) < 4.78 is 4.57. The van der Waals surface area contributed by atoms with Crippen molar-refractivity contribution < 1.29 is 24.5 Å². The predicted octanol–water partition coefficient (Wildman–Crippen LogP) is 5.00. The highest BCUT2D eigenvalue weighted by Crippen LogP contribution is 2.38. The van der Waals surface area contributed by atoms with Crippen LogP contribution in [0.1, 0.15) is 85.5 Å². The lowest BCUT2D eigenvalue weighted by molar-refractivity contribution is -0.134. The highest BCUT2D eigenvalue weighted by molar-refractivity contribution is 5.87. The number of rotatable bonds is 13. The second kappa shape index (κ2) is 13.8. The molecule has 0 aliphatic heterocycles. The SMILES string of the molecule is CCCCCC(C=CC1C(O)CC(O)C1CCCCC=CC(=O)OC)C(=O)C(C)(C)C. The highest BCUT2D eigenvalue weighted by atomic mass is 16.5. The summed E-state index contributed by atoms with van der Waals surface area (Å²) >= 11 is 0. The number of hydrogen-bond acceptors (Lipinski definition) is 5. The van der Waals surface area contributed by atoms with Crippen LogP contribution in [0.3, 0.4) is 0 Å². The Bertz CT molecular complexity index is 601. The van der Waals surface area contributed by atoms with Gasteiger partial charge in [-0.2, -0.15) is 0 Å². The molecule has 5 atom stereocenters. The van der Waals surface area contributed by atoms with E-state index < -0.39 is 17.6 Å². The molecule has 1 aliphatic rings. The van der Waals surface area contributed by atoms with Crippen LogP contribution in [0.25, 0.3) is 0 Å². The number of ketones is 1. The molecule has 1 saturated carbocycles. The number of esters is 1. The minimum Gasteiger partial charge on any atom is -0.466 e. The van der Waals surface area contributed by atoms with Gasteiger partial charge in [0.15, 0.2) is 0 Å². The van der Waals surface area contributed by atoms with Crippen LogP contribution in [-0.2, 0) is 14.3 Å². The van der Waals surface area contributed by atoms with E-state index >= 15 is 0 Å². The van der Waals surface area contributed by atoms with Crippen molar-refractivity contribution >= 4 is 11.8 Å². The third kappa shape index (κ3) is 9.69. The van der Waals surface area contributed by atoms with Crippen LogP contribution in [0.2, 0.25) is 0 Å². The van der Waals surface area contributed by atoms with Crippen LogP contribution in [0, 0.1) is 23.2 Å². The van der Waals surface area contributed by atoms with Crippen LogP contribution in [0.4, 0.5) is 0 Å². The molecule has 178 valence electrons. The molecule has 5 unspecified atom stereocenters. The second-order valence-electron chi connectivity index (χ2n) is 9.92. The average Bonchev–Trinajstić information content (AvgIpc) is 2.98. The van der Waals surface area contributed by atoms with E-state index in [-0.39, 0.29) is 29.5 Å². The van der Waals surface area contributed by atoms with E-state index in [1.807, 2.05) is 39.0 Å². The largest absolute Gasteiger partial charge is 0.466 e. The molecule has 5 nitrogen and oxygen atoms in total. The number of aliphatic hydroxyl groups is 2. The zero-order chi connectivity index (χ0) is 23.4. The zero-order valence-electron chi connectivity index (χ0n) is 20.2. The Morgan fingerprint density at radius 1 is 1.10 bits per heavy atom. The van der Waals surface area contributed by atoms with E-state index in [9.17, 15) is 19.8 Å². The first-order chi connectivity index (χ1) is 14.6. The van der Waals surface area contributed by atoms with Gasteiger partial charge >= 0.3 is 5.97 Å². The molecule has 1 aliphatic carbocycles. The molecule has 1 fully saturated rings. The molecular weight excluding hydrogens is 392 g/mol. The minimum atomic E-state index is -0.573. The number of Topliss-reactive ketones (excluding diaryl/α,β-unsaturated/α-hetero) is 1. The van der Waals surface area contributed by atoms with Gasteiger partial charge in [0, 0.05) is 29.7 Å². The van der Waals surface area contributed by atoms with Gasteiger partial charge in [-0.25, -0.2) is 4.79 Å². The molecule has 31 heavy (non-hydrogen) atoms. The molecule has 0 heterocycles. The first-order valence-electron chi connectivity index (χ1n) is 11.9. The van der Waals surface area contributed by atoms with E-state index in [1.165, 1.54) is 13.2 Å². The van der Waals surface area contributed by atoms with Crippen molar-refractivity contribution in [1.29, 1.82) is 0 Å². The van der Waals surface area contributed by atoms with Gasteiger partial charge in [-0.3, -0.25) is 4.79 Å². The van der Waals surface area contributed by atoms with Crippen LogP contribution >= 0.6 is 0 Å². The molecular formula is C26H44O5. The molecule has 0 saturated heterocycles. The lowest BCUT2D eigenvalue weighted by atomic mass is 9.79. The smallest absolute Gasteiger partial charge is 0.330 e. The van der Waals surface area contributed by atoms with Crippen molar-refractivity contribution in [2.45, 2.75) is 97.7 Å². The fourth-order valence-electron chi connectivity index (χ4n) is 4.41. The number of carbonyl (C=O) groups is 2. The van der Waals surface area contributed by atoms with Crippen LogP contribution < -0.4 is 0 Å². The lowest BCUT2D eigenvalue weighted by Crippen LogP contribution is -2.28. The fourth-order valence-corrected chi connectivity index (χ4v) is 4.41. The van der Waals surface area contributed by atoms with Gasteiger partial charge < -0.3 is 14.9 Å². The van der Waals surface area contributed by atoms with Crippen molar-refractivity contribution in [2.75, 3.05) is 7.11 Å². The summed E-state index contributed by atoms with van der Waals surface area (Å²) in [4.78, 5) is 24.0. The Hall–Kier alpha value is -1.46. The Morgan fingerprint density at radius 3 is 2.42 bits per heavy atom. The number of hydrogen-bond donors (Lipinski definition) is 2. The number of carbonyl (C=O) groups excluding carboxylic acids is 2. The molecule has 0 aromatic carbocycles. The molecule has 0 aromatic rings. The molecule has 0 spiro atoms. The third-order valence-electron chi connectivity index (χ3n) is 6.29. The summed E-state index contributed by atoms with van der Waals surface area (Å²) in [5, 5.41) is 21.0.